The first kappa shape index (κ1) is 20.3. The SMILES string of the molecule is FC(F)(F)C1(c2ccc(-c3cccnc3-c3ccc(C4(C(F)(F)F)N=N4)cc3)cc2)N=N1. The first-order valence-corrected chi connectivity index (χ1v) is 9.26. The standard InChI is InChI=1S/C21H11F6N5/c22-20(23,24)18(29-30-18)14-7-3-12(4-8-14)16-2-1-11-28-17(16)13-5-9-15(10-6-13)19(31-32-19)21(25,26)27/h1-11H. The molecule has 5 nitrogen and oxygen atoms in total. The van der Waals surface area contributed by atoms with E-state index in [4.69, 9.17) is 0 Å². The molecule has 0 bridgehead atoms. The van der Waals surface area contributed by atoms with Gasteiger partial charge in [-0.25, -0.2) is 0 Å². The van der Waals surface area contributed by atoms with E-state index in [0.29, 0.717) is 22.4 Å². The molecule has 0 radical (unpaired) electrons. The van der Waals surface area contributed by atoms with Crippen LogP contribution >= 0.6 is 0 Å². The van der Waals surface area contributed by atoms with Crippen LogP contribution in [0.15, 0.2) is 87.3 Å². The van der Waals surface area contributed by atoms with Crippen molar-refractivity contribution in [2.24, 2.45) is 20.5 Å². The lowest BCUT2D eigenvalue weighted by molar-refractivity contribution is -0.166. The molecule has 3 aromatic rings. The van der Waals surface area contributed by atoms with Gasteiger partial charge in [0.05, 0.1) is 5.69 Å². The average molecular weight is 447 g/mol. The van der Waals surface area contributed by atoms with Gasteiger partial charge in [0.25, 0.3) is 0 Å². The molecule has 0 atom stereocenters. The van der Waals surface area contributed by atoms with Crippen LogP contribution in [0.2, 0.25) is 0 Å². The molecular formula is C21H11F6N5. The number of alkyl halides is 6. The summed E-state index contributed by atoms with van der Waals surface area (Å²) in [5, 5.41) is 12.7. The zero-order valence-corrected chi connectivity index (χ0v) is 15.9. The predicted octanol–water partition coefficient (Wildman–Crippen LogP) is 6.78. The van der Waals surface area contributed by atoms with Gasteiger partial charge in [0.15, 0.2) is 0 Å². The van der Waals surface area contributed by atoms with Crippen LogP contribution in [0.3, 0.4) is 0 Å². The van der Waals surface area contributed by atoms with Crippen LogP contribution in [0.5, 0.6) is 0 Å². The second-order valence-electron chi connectivity index (χ2n) is 7.29. The number of halogens is 6. The van der Waals surface area contributed by atoms with Crippen molar-refractivity contribution in [1.82, 2.24) is 4.98 Å². The van der Waals surface area contributed by atoms with Gasteiger partial charge in [0, 0.05) is 28.5 Å². The molecule has 0 fully saturated rings. The quantitative estimate of drug-likeness (QED) is 0.407. The molecule has 2 aliphatic heterocycles. The third-order valence-corrected chi connectivity index (χ3v) is 5.36. The highest BCUT2D eigenvalue weighted by molar-refractivity contribution is 5.80. The highest BCUT2D eigenvalue weighted by atomic mass is 19.4. The fraction of sp³-hybridized carbons (Fsp3) is 0.190. The predicted molar refractivity (Wildman–Crippen MR) is 100 cm³/mol. The van der Waals surface area contributed by atoms with E-state index in [9.17, 15) is 26.3 Å². The molecule has 0 saturated carbocycles. The summed E-state index contributed by atoms with van der Waals surface area (Å²) in [5.74, 6) is 0. The molecule has 3 heterocycles. The number of rotatable bonds is 4. The second kappa shape index (κ2) is 6.44. The fourth-order valence-electron chi connectivity index (χ4n) is 3.50. The number of hydrogen-bond acceptors (Lipinski definition) is 5. The molecule has 0 aliphatic carbocycles. The molecule has 32 heavy (non-hydrogen) atoms. The smallest absolute Gasteiger partial charge is 0.256 e. The summed E-state index contributed by atoms with van der Waals surface area (Å²) in [4.78, 5) is 4.32. The molecule has 11 heteroatoms. The molecule has 0 amide bonds. The van der Waals surface area contributed by atoms with Gasteiger partial charge in [0.1, 0.15) is 0 Å². The van der Waals surface area contributed by atoms with E-state index in [2.05, 4.69) is 25.4 Å². The largest absolute Gasteiger partial charge is 0.442 e. The topological polar surface area (TPSA) is 62.3 Å². The van der Waals surface area contributed by atoms with E-state index < -0.39 is 23.7 Å². The molecule has 162 valence electrons. The summed E-state index contributed by atoms with van der Waals surface area (Å²) in [7, 11) is 0. The van der Waals surface area contributed by atoms with Crippen molar-refractivity contribution in [2.45, 2.75) is 23.7 Å². The number of pyridine rings is 1. The Morgan fingerprint density at radius 1 is 0.562 bits per heavy atom. The van der Waals surface area contributed by atoms with E-state index in [1.54, 1.807) is 12.1 Å². The van der Waals surface area contributed by atoms with Crippen molar-refractivity contribution in [3.63, 3.8) is 0 Å². The third-order valence-electron chi connectivity index (χ3n) is 5.36. The number of benzene rings is 2. The Kier molecular flexibility index (Phi) is 4.08. The molecule has 1 aromatic heterocycles. The van der Waals surface area contributed by atoms with E-state index >= 15 is 0 Å². The third kappa shape index (κ3) is 2.99. The van der Waals surface area contributed by atoms with Crippen LogP contribution in [0, 0.1) is 0 Å². The van der Waals surface area contributed by atoms with Gasteiger partial charge in [-0.2, -0.15) is 26.3 Å². The number of aromatic nitrogens is 1. The van der Waals surface area contributed by atoms with E-state index in [1.807, 2.05) is 0 Å². The molecule has 2 aliphatic rings. The van der Waals surface area contributed by atoms with Crippen molar-refractivity contribution < 1.29 is 26.3 Å². The highest BCUT2D eigenvalue weighted by Gasteiger charge is 2.65. The fourth-order valence-corrected chi connectivity index (χ4v) is 3.50. The van der Waals surface area contributed by atoms with Gasteiger partial charge >= 0.3 is 23.7 Å². The minimum atomic E-state index is -4.62. The summed E-state index contributed by atoms with van der Waals surface area (Å²) in [6.07, 6.45) is -7.73. The first-order valence-electron chi connectivity index (χ1n) is 9.26. The van der Waals surface area contributed by atoms with Crippen LogP contribution in [-0.2, 0) is 11.3 Å². The van der Waals surface area contributed by atoms with Crippen LogP contribution in [0.25, 0.3) is 22.4 Å². The van der Waals surface area contributed by atoms with Crippen molar-refractivity contribution in [1.29, 1.82) is 0 Å². The van der Waals surface area contributed by atoms with Crippen LogP contribution in [0.4, 0.5) is 26.3 Å². The lowest BCUT2D eigenvalue weighted by Gasteiger charge is -2.16. The van der Waals surface area contributed by atoms with Crippen LogP contribution in [-0.4, -0.2) is 17.3 Å². The molecule has 2 aromatic carbocycles. The summed E-state index contributed by atoms with van der Waals surface area (Å²) in [6.45, 7) is 0. The summed E-state index contributed by atoms with van der Waals surface area (Å²) in [5.41, 5.74) is -3.05. The Bertz CT molecular complexity index is 1130. The number of nitrogens with zero attached hydrogens (tertiary/aromatic N) is 5. The maximum absolute atomic E-state index is 13.2. The lowest BCUT2D eigenvalue weighted by Crippen LogP contribution is -2.30. The Morgan fingerprint density at radius 3 is 1.41 bits per heavy atom. The molecule has 0 N–H and O–H groups in total. The summed E-state index contributed by atoms with van der Waals surface area (Å²) >= 11 is 0. The Balaban J connectivity index is 1.47. The van der Waals surface area contributed by atoms with E-state index in [0.717, 1.165) is 0 Å². The van der Waals surface area contributed by atoms with Crippen LogP contribution in [0.1, 0.15) is 11.1 Å². The van der Waals surface area contributed by atoms with Crippen molar-refractivity contribution in [3.8, 4) is 22.4 Å². The van der Waals surface area contributed by atoms with Crippen molar-refractivity contribution >= 4 is 0 Å². The minimum absolute atomic E-state index is 0.0991. The molecular weight excluding hydrogens is 436 g/mol. The van der Waals surface area contributed by atoms with Gasteiger partial charge in [-0.1, -0.05) is 54.6 Å². The van der Waals surface area contributed by atoms with Gasteiger partial charge in [-0.3, -0.25) is 4.98 Å². The first-order chi connectivity index (χ1) is 15.1. The van der Waals surface area contributed by atoms with E-state index in [-0.39, 0.29) is 11.1 Å². The Labute approximate surface area is 176 Å². The molecule has 0 spiro atoms. The molecule has 0 saturated heterocycles. The van der Waals surface area contributed by atoms with Crippen molar-refractivity contribution in [2.75, 3.05) is 0 Å². The average Bonchev–Trinajstić information content (AvgIpc) is 3.66. The van der Waals surface area contributed by atoms with Gasteiger partial charge in [0.2, 0.25) is 0 Å². The van der Waals surface area contributed by atoms with Crippen LogP contribution < -0.4 is 0 Å². The number of hydrogen-bond donors (Lipinski definition) is 0. The zero-order valence-electron chi connectivity index (χ0n) is 15.9. The maximum atomic E-state index is 13.2. The van der Waals surface area contributed by atoms with Gasteiger partial charge < -0.3 is 0 Å². The minimum Gasteiger partial charge on any atom is -0.256 e. The Hall–Kier alpha value is -3.63. The monoisotopic (exact) mass is 447 g/mol. The lowest BCUT2D eigenvalue weighted by atomic mass is 9.94. The second-order valence-corrected chi connectivity index (χ2v) is 7.29. The van der Waals surface area contributed by atoms with Gasteiger partial charge in [-0.05, 0) is 11.6 Å². The zero-order chi connectivity index (χ0) is 22.8. The molecule has 5 rings (SSSR count). The maximum Gasteiger partial charge on any atom is 0.442 e. The Morgan fingerprint density at radius 2 is 1.00 bits per heavy atom. The van der Waals surface area contributed by atoms with Crippen molar-refractivity contribution in [3.05, 3.63) is 78.0 Å². The van der Waals surface area contributed by atoms with E-state index in [1.165, 1.54) is 54.7 Å². The summed E-state index contributed by atoms with van der Waals surface area (Å²) in [6, 6.07) is 14.5. The molecule has 0 unspecified atom stereocenters. The summed E-state index contributed by atoms with van der Waals surface area (Å²) < 4.78 is 79.2. The van der Waals surface area contributed by atoms with Gasteiger partial charge in [-0.15, -0.1) is 20.5 Å². The highest BCUT2D eigenvalue weighted by Crippen LogP contribution is 2.53. The normalized spacial score (nSPS) is 17.9.